The summed E-state index contributed by atoms with van der Waals surface area (Å²) >= 11 is 0. The van der Waals surface area contributed by atoms with Crippen molar-refractivity contribution in [3.8, 4) is 122 Å². The lowest BCUT2D eigenvalue weighted by Crippen LogP contribution is -1.95. The second-order valence-corrected chi connectivity index (χ2v) is 18.2. The summed E-state index contributed by atoms with van der Waals surface area (Å²) in [6.45, 7) is 0. The first-order valence-electron chi connectivity index (χ1n) is 23.7. The first-order valence-corrected chi connectivity index (χ1v) is 23.7. The second-order valence-electron chi connectivity index (χ2n) is 18.2. The Labute approximate surface area is 396 Å². The van der Waals surface area contributed by atoms with Crippen molar-refractivity contribution in [2.75, 3.05) is 0 Å². The molecule has 0 nitrogen and oxygen atoms in total. The standard InChI is InChI=1S/C68H42/c1-5-18-44(19-6-1)58-41-57(63(49-22-9-3-10-23-49)67-55-34-16-28-47-26-14-32-53(61(47)55)65(58)67)46-38-36-43(37-39-46)51-30-13-31-52(40-51)60-42-59(45-20-7-2-8-21-45)66-54-33-15-27-48-29-17-35-56(62(48)54)68(66)64(60)50-24-11-4-12-25-50/h1-42H. The minimum atomic E-state index is 1.18. The highest BCUT2D eigenvalue weighted by molar-refractivity contribution is 6.24. The quantitative estimate of drug-likeness (QED) is 0.150. The van der Waals surface area contributed by atoms with E-state index in [0.29, 0.717) is 0 Å². The van der Waals surface area contributed by atoms with Crippen molar-refractivity contribution in [1.29, 1.82) is 0 Å². The predicted octanol–water partition coefficient (Wildman–Crippen LogP) is 19.0. The van der Waals surface area contributed by atoms with Crippen LogP contribution in [0.25, 0.3) is 144 Å². The Morgan fingerprint density at radius 2 is 0.456 bits per heavy atom. The van der Waals surface area contributed by atoms with E-state index in [1.165, 1.54) is 144 Å². The molecule has 0 bridgehead atoms. The summed E-state index contributed by atoms with van der Waals surface area (Å²) in [4.78, 5) is 0. The highest BCUT2D eigenvalue weighted by Gasteiger charge is 2.32. The van der Waals surface area contributed by atoms with Crippen molar-refractivity contribution < 1.29 is 0 Å². The lowest BCUT2D eigenvalue weighted by atomic mass is 9.81. The van der Waals surface area contributed by atoms with Crippen LogP contribution < -0.4 is 0 Å². The van der Waals surface area contributed by atoms with E-state index >= 15 is 0 Å². The highest BCUT2D eigenvalue weighted by atomic mass is 14.3. The number of hydrogen-bond donors (Lipinski definition) is 0. The van der Waals surface area contributed by atoms with Gasteiger partial charge in [0.25, 0.3) is 0 Å². The Bertz CT molecular complexity index is 3950. The average molecular weight is 859 g/mol. The van der Waals surface area contributed by atoms with Gasteiger partial charge in [0.2, 0.25) is 0 Å². The van der Waals surface area contributed by atoms with E-state index in [9.17, 15) is 0 Å². The fourth-order valence-electron chi connectivity index (χ4n) is 11.6. The number of fused-ring (bicyclic) bond motifs is 6. The average Bonchev–Trinajstić information content (AvgIpc) is 3.94. The molecule has 0 N–H and O–H groups in total. The third kappa shape index (κ3) is 5.88. The fourth-order valence-corrected chi connectivity index (χ4v) is 11.6. The third-order valence-corrected chi connectivity index (χ3v) is 14.5. The van der Waals surface area contributed by atoms with Crippen molar-refractivity contribution in [2.45, 2.75) is 0 Å². The molecule has 0 aromatic heterocycles. The molecule has 2 aliphatic carbocycles. The van der Waals surface area contributed by atoms with Gasteiger partial charge in [0, 0.05) is 0 Å². The molecule has 0 aliphatic heterocycles. The maximum atomic E-state index is 2.46. The molecule has 314 valence electrons. The summed E-state index contributed by atoms with van der Waals surface area (Å²) in [6.07, 6.45) is 0. The molecule has 0 amide bonds. The monoisotopic (exact) mass is 858 g/mol. The Hall–Kier alpha value is -8.84. The first-order chi connectivity index (χ1) is 33.8. The van der Waals surface area contributed by atoms with Gasteiger partial charge in [0.15, 0.2) is 0 Å². The zero-order valence-corrected chi connectivity index (χ0v) is 37.2. The number of rotatable bonds is 7. The van der Waals surface area contributed by atoms with Crippen molar-refractivity contribution in [2.24, 2.45) is 0 Å². The van der Waals surface area contributed by atoms with Crippen LogP contribution in [0.5, 0.6) is 0 Å². The largest absolute Gasteiger partial charge is 0.0622 e. The van der Waals surface area contributed by atoms with Crippen LogP contribution in [0.15, 0.2) is 255 Å². The van der Waals surface area contributed by atoms with Gasteiger partial charge in [0.05, 0.1) is 0 Å². The Balaban J connectivity index is 0.957. The molecule has 0 heterocycles. The molecule has 68 heavy (non-hydrogen) atoms. The Morgan fingerprint density at radius 1 is 0.147 bits per heavy atom. The summed E-state index contributed by atoms with van der Waals surface area (Å²) < 4.78 is 0. The van der Waals surface area contributed by atoms with Crippen LogP contribution in [0, 0.1) is 0 Å². The lowest BCUT2D eigenvalue weighted by Gasteiger charge is -2.21. The summed E-state index contributed by atoms with van der Waals surface area (Å²) in [5, 5.41) is 5.22. The van der Waals surface area contributed by atoms with Crippen molar-refractivity contribution in [3.63, 3.8) is 0 Å². The van der Waals surface area contributed by atoms with E-state index in [1.807, 2.05) is 0 Å². The van der Waals surface area contributed by atoms with Crippen LogP contribution >= 0.6 is 0 Å². The fraction of sp³-hybridized carbons (Fsp3) is 0. The van der Waals surface area contributed by atoms with Gasteiger partial charge >= 0.3 is 0 Å². The molecule has 14 rings (SSSR count). The van der Waals surface area contributed by atoms with Gasteiger partial charge in [0.1, 0.15) is 0 Å². The first kappa shape index (κ1) is 38.4. The topological polar surface area (TPSA) is 0 Å². The van der Waals surface area contributed by atoms with Crippen molar-refractivity contribution in [3.05, 3.63) is 255 Å². The maximum Gasteiger partial charge on any atom is -0.000764 e. The van der Waals surface area contributed by atoms with Crippen LogP contribution in [0.2, 0.25) is 0 Å². The van der Waals surface area contributed by atoms with Gasteiger partial charge in [-0.15, -0.1) is 0 Å². The smallest absolute Gasteiger partial charge is 0.000764 e. The van der Waals surface area contributed by atoms with Gasteiger partial charge in [-0.3, -0.25) is 0 Å². The van der Waals surface area contributed by atoms with E-state index in [-0.39, 0.29) is 0 Å². The zero-order chi connectivity index (χ0) is 44.7. The molecule has 12 aromatic rings. The Kier molecular flexibility index (Phi) is 8.69. The molecule has 0 atom stereocenters. The molecule has 0 radical (unpaired) electrons. The highest BCUT2D eigenvalue weighted by Crippen LogP contribution is 2.59. The summed E-state index contributed by atoms with van der Waals surface area (Å²) in [5.74, 6) is 0. The molecule has 0 saturated heterocycles. The molecule has 0 unspecified atom stereocenters. The van der Waals surface area contributed by atoms with Crippen LogP contribution in [0.3, 0.4) is 0 Å². The molecular weight excluding hydrogens is 817 g/mol. The van der Waals surface area contributed by atoms with Gasteiger partial charge in [-0.25, -0.2) is 0 Å². The number of benzene rings is 12. The maximum absolute atomic E-state index is 2.46. The van der Waals surface area contributed by atoms with Crippen LogP contribution in [0.1, 0.15) is 0 Å². The van der Waals surface area contributed by atoms with Crippen LogP contribution in [-0.2, 0) is 0 Å². The van der Waals surface area contributed by atoms with Gasteiger partial charge in [-0.05, 0) is 162 Å². The normalized spacial score (nSPS) is 11.8. The van der Waals surface area contributed by atoms with Crippen LogP contribution in [-0.4, -0.2) is 0 Å². The van der Waals surface area contributed by atoms with E-state index < -0.39 is 0 Å². The van der Waals surface area contributed by atoms with Gasteiger partial charge in [-0.2, -0.15) is 0 Å². The van der Waals surface area contributed by atoms with E-state index in [2.05, 4.69) is 255 Å². The molecule has 0 saturated carbocycles. The summed E-state index contributed by atoms with van der Waals surface area (Å²) in [6, 6.07) is 94.5. The molecule has 0 heteroatoms. The Morgan fingerprint density at radius 3 is 0.897 bits per heavy atom. The van der Waals surface area contributed by atoms with E-state index in [4.69, 9.17) is 0 Å². The minimum Gasteiger partial charge on any atom is -0.0622 e. The molecule has 0 fully saturated rings. The number of hydrogen-bond acceptors (Lipinski definition) is 0. The molecule has 2 aliphatic rings. The minimum absolute atomic E-state index is 1.18. The third-order valence-electron chi connectivity index (χ3n) is 14.5. The SMILES string of the molecule is c1ccc(-c2cc(-c3ccc(-c4cccc(-c5cc(-c6ccccc6)c6c(c5-c5ccccc5)-c5cccc7cccc-6c57)c4)cc3)c(-c3ccccc3)c3c2-c2cccc4cccc-3c24)cc1. The predicted molar refractivity (Wildman–Crippen MR) is 288 cm³/mol. The second kappa shape index (κ2) is 15.4. The van der Waals surface area contributed by atoms with Crippen molar-refractivity contribution in [1.82, 2.24) is 0 Å². The van der Waals surface area contributed by atoms with E-state index in [1.54, 1.807) is 0 Å². The zero-order valence-electron chi connectivity index (χ0n) is 37.2. The summed E-state index contributed by atoms with van der Waals surface area (Å²) in [7, 11) is 0. The molecular formula is C68H42. The van der Waals surface area contributed by atoms with Crippen molar-refractivity contribution >= 4 is 21.5 Å². The lowest BCUT2D eigenvalue weighted by molar-refractivity contribution is 1.54. The summed E-state index contributed by atoms with van der Waals surface area (Å²) in [5.41, 5.74) is 27.6. The van der Waals surface area contributed by atoms with E-state index in [0.717, 1.165) is 0 Å². The van der Waals surface area contributed by atoms with Crippen LogP contribution in [0.4, 0.5) is 0 Å². The van der Waals surface area contributed by atoms with Gasteiger partial charge in [-0.1, -0.05) is 237 Å². The molecule has 0 spiro atoms. The molecule has 12 aromatic carbocycles. The van der Waals surface area contributed by atoms with Gasteiger partial charge < -0.3 is 0 Å².